The van der Waals surface area contributed by atoms with Crippen molar-refractivity contribution in [3.63, 3.8) is 0 Å². The third-order valence-electron chi connectivity index (χ3n) is 4.04. The summed E-state index contributed by atoms with van der Waals surface area (Å²) < 4.78 is 54.0. The van der Waals surface area contributed by atoms with Gasteiger partial charge in [0.15, 0.2) is 0 Å². The van der Waals surface area contributed by atoms with Gasteiger partial charge in [-0.2, -0.15) is 13.2 Å². The van der Waals surface area contributed by atoms with Gasteiger partial charge in [0.05, 0.1) is 25.4 Å². The van der Waals surface area contributed by atoms with Gasteiger partial charge in [0.25, 0.3) is 0 Å². The Kier molecular flexibility index (Phi) is 7.26. The Morgan fingerprint density at radius 1 is 0.967 bits per heavy atom. The molecule has 0 aliphatic rings. The number of benzene rings is 2. The van der Waals surface area contributed by atoms with E-state index in [0.29, 0.717) is 36.1 Å². The van der Waals surface area contributed by atoms with Crippen molar-refractivity contribution >= 4 is 12.2 Å². The lowest BCUT2D eigenvalue weighted by atomic mass is 10.1. The van der Waals surface area contributed by atoms with Crippen molar-refractivity contribution in [3.8, 4) is 5.75 Å². The van der Waals surface area contributed by atoms with E-state index in [1.165, 1.54) is 18.4 Å². The fourth-order valence-electron chi connectivity index (χ4n) is 2.51. The van der Waals surface area contributed by atoms with Gasteiger partial charge in [-0.05, 0) is 41.5 Å². The molecular formula is C22H20F3NO4. The number of aromatic nitrogens is 1. The van der Waals surface area contributed by atoms with Crippen molar-refractivity contribution < 1.29 is 32.2 Å². The number of hydrogen-bond acceptors (Lipinski definition) is 5. The number of rotatable bonds is 9. The minimum Gasteiger partial charge on any atom is -0.487 e. The van der Waals surface area contributed by atoms with Gasteiger partial charge in [-0.15, -0.1) is 0 Å². The molecule has 0 aliphatic carbocycles. The Hall–Kier alpha value is -3.10. The first-order valence-corrected chi connectivity index (χ1v) is 9.14. The third-order valence-corrected chi connectivity index (χ3v) is 4.04. The number of nitrogens with zero attached hydrogens (tertiary/aromatic N) is 1. The van der Waals surface area contributed by atoms with Crippen LogP contribution in [0.3, 0.4) is 0 Å². The highest BCUT2D eigenvalue weighted by Crippen LogP contribution is 2.29. The van der Waals surface area contributed by atoms with Gasteiger partial charge in [-0.1, -0.05) is 24.3 Å². The number of ether oxygens (including phenoxy) is 2. The lowest BCUT2D eigenvalue weighted by Crippen LogP contribution is -2.03. The van der Waals surface area contributed by atoms with Crippen LogP contribution in [0.5, 0.6) is 5.75 Å². The molecule has 1 N–H and O–H groups in total. The second-order valence-corrected chi connectivity index (χ2v) is 6.34. The van der Waals surface area contributed by atoms with Crippen molar-refractivity contribution in [2.75, 3.05) is 13.2 Å². The summed E-state index contributed by atoms with van der Waals surface area (Å²) >= 11 is 0. The summed E-state index contributed by atoms with van der Waals surface area (Å²) in [6.07, 6.45) is 0.304. The van der Waals surface area contributed by atoms with E-state index in [0.717, 1.165) is 17.7 Å². The molecular weight excluding hydrogens is 399 g/mol. The van der Waals surface area contributed by atoms with Gasteiger partial charge >= 0.3 is 6.18 Å². The maximum Gasteiger partial charge on any atom is 0.416 e. The maximum atomic E-state index is 12.6. The van der Waals surface area contributed by atoms with Crippen LogP contribution in [-0.2, 0) is 24.1 Å². The van der Waals surface area contributed by atoms with Crippen molar-refractivity contribution in [1.29, 1.82) is 0 Å². The molecule has 0 aliphatic heterocycles. The summed E-state index contributed by atoms with van der Waals surface area (Å²) in [6.45, 7) is 0.900. The van der Waals surface area contributed by atoms with E-state index in [4.69, 9.17) is 19.0 Å². The number of hydrogen-bond donors (Lipinski definition) is 1. The topological polar surface area (TPSA) is 64.7 Å². The largest absolute Gasteiger partial charge is 0.487 e. The lowest BCUT2D eigenvalue weighted by molar-refractivity contribution is -0.137. The first-order valence-electron chi connectivity index (χ1n) is 9.14. The molecule has 0 unspecified atom stereocenters. The molecule has 30 heavy (non-hydrogen) atoms. The van der Waals surface area contributed by atoms with E-state index in [9.17, 15) is 13.2 Å². The molecule has 3 rings (SSSR count). The quantitative estimate of drug-likeness (QED) is 0.497. The fraction of sp³-hybridized carbons (Fsp3) is 0.227. The van der Waals surface area contributed by atoms with Crippen LogP contribution >= 0.6 is 0 Å². The van der Waals surface area contributed by atoms with Gasteiger partial charge < -0.3 is 19.0 Å². The maximum absolute atomic E-state index is 12.6. The van der Waals surface area contributed by atoms with Crippen LogP contribution in [0.15, 0.2) is 59.2 Å². The highest BCUT2D eigenvalue weighted by Gasteiger charge is 2.29. The average Bonchev–Trinajstić information content (AvgIpc) is 3.19. The first kappa shape index (κ1) is 21.6. The number of aliphatic hydroxyl groups excluding tert-OH is 1. The summed E-state index contributed by atoms with van der Waals surface area (Å²) in [5.74, 6) is 0.982. The molecule has 5 nitrogen and oxygen atoms in total. The normalized spacial score (nSPS) is 11.9. The summed E-state index contributed by atoms with van der Waals surface area (Å²) in [4.78, 5) is 4.26. The molecule has 0 radical (unpaired) electrons. The Labute approximate surface area is 171 Å². The van der Waals surface area contributed by atoms with E-state index < -0.39 is 11.7 Å². The highest BCUT2D eigenvalue weighted by molar-refractivity contribution is 5.66. The minimum absolute atomic E-state index is 0.0135. The molecule has 3 aromatic rings. The van der Waals surface area contributed by atoms with Crippen molar-refractivity contribution in [3.05, 3.63) is 83.1 Å². The molecule has 0 saturated carbocycles. The summed E-state index contributed by atoms with van der Waals surface area (Å²) in [5.41, 5.74) is 1.45. The number of halogens is 3. The molecule has 2 aromatic carbocycles. The van der Waals surface area contributed by atoms with E-state index in [1.807, 2.05) is 24.3 Å². The van der Waals surface area contributed by atoms with Crippen molar-refractivity contribution in [1.82, 2.24) is 4.98 Å². The van der Waals surface area contributed by atoms with Gasteiger partial charge in [0.2, 0.25) is 5.89 Å². The number of aliphatic hydroxyl groups is 1. The Bertz CT molecular complexity index is 948. The average molecular weight is 419 g/mol. The van der Waals surface area contributed by atoms with E-state index >= 15 is 0 Å². The van der Waals surface area contributed by atoms with Crippen LogP contribution in [0.2, 0.25) is 0 Å². The lowest BCUT2D eigenvalue weighted by Gasteiger charge is -2.06. The third kappa shape index (κ3) is 6.47. The van der Waals surface area contributed by atoms with Crippen molar-refractivity contribution in [2.45, 2.75) is 19.4 Å². The summed E-state index contributed by atoms with van der Waals surface area (Å²) in [6, 6.07) is 12.2. The van der Waals surface area contributed by atoms with Crippen LogP contribution in [0.1, 0.15) is 28.3 Å². The van der Waals surface area contributed by atoms with E-state index in [2.05, 4.69) is 4.98 Å². The smallest absolute Gasteiger partial charge is 0.416 e. The molecule has 1 heterocycles. The zero-order valence-corrected chi connectivity index (χ0v) is 15.9. The number of alkyl halides is 3. The van der Waals surface area contributed by atoms with Crippen LogP contribution in [-0.4, -0.2) is 23.3 Å². The predicted octanol–water partition coefficient (Wildman–Crippen LogP) is 4.95. The van der Waals surface area contributed by atoms with E-state index in [-0.39, 0.29) is 13.2 Å². The second-order valence-electron chi connectivity index (χ2n) is 6.34. The van der Waals surface area contributed by atoms with Gasteiger partial charge in [-0.25, -0.2) is 4.98 Å². The molecule has 8 heteroatoms. The molecule has 0 atom stereocenters. The molecule has 158 valence electrons. The van der Waals surface area contributed by atoms with Crippen LogP contribution in [0.4, 0.5) is 13.2 Å². The molecule has 0 saturated heterocycles. The standard InChI is InChI=1S/C22H20F3NO4/c23-22(24,25)18-6-1-16(2-7-18)5-10-21-26-19(15-30-21)14-29-20-8-3-17(4-9-20)13-28-12-11-27/h1-10,15,27H,11-14H2/b10-5+. The van der Waals surface area contributed by atoms with Crippen LogP contribution < -0.4 is 4.74 Å². The monoisotopic (exact) mass is 419 g/mol. The Morgan fingerprint density at radius 3 is 2.37 bits per heavy atom. The van der Waals surface area contributed by atoms with E-state index in [1.54, 1.807) is 12.2 Å². The molecule has 1 aromatic heterocycles. The first-order chi connectivity index (χ1) is 14.4. The van der Waals surface area contributed by atoms with Gasteiger partial charge in [0.1, 0.15) is 24.3 Å². The fourth-order valence-corrected chi connectivity index (χ4v) is 2.51. The zero-order chi connectivity index (χ0) is 21.4. The Morgan fingerprint density at radius 2 is 1.70 bits per heavy atom. The highest BCUT2D eigenvalue weighted by atomic mass is 19.4. The SMILES string of the molecule is OCCOCc1ccc(OCc2coc(/C=C/c3ccc(C(F)(F)F)cc3)n2)cc1. The predicted molar refractivity (Wildman–Crippen MR) is 104 cm³/mol. The second kappa shape index (κ2) is 10.1. The van der Waals surface area contributed by atoms with Crippen molar-refractivity contribution in [2.24, 2.45) is 0 Å². The summed E-state index contributed by atoms with van der Waals surface area (Å²) in [5, 5.41) is 8.70. The molecule has 0 bridgehead atoms. The zero-order valence-electron chi connectivity index (χ0n) is 15.9. The number of oxazole rings is 1. The molecule has 0 fully saturated rings. The van der Waals surface area contributed by atoms with Gasteiger partial charge in [-0.3, -0.25) is 0 Å². The Balaban J connectivity index is 1.51. The minimum atomic E-state index is -4.35. The molecule has 0 amide bonds. The molecule has 0 spiro atoms. The van der Waals surface area contributed by atoms with Crippen LogP contribution in [0.25, 0.3) is 12.2 Å². The van der Waals surface area contributed by atoms with Crippen LogP contribution in [0, 0.1) is 0 Å². The van der Waals surface area contributed by atoms with Gasteiger partial charge in [0, 0.05) is 6.08 Å². The summed E-state index contributed by atoms with van der Waals surface area (Å²) in [7, 11) is 0.